The van der Waals surface area contributed by atoms with Crippen molar-refractivity contribution < 1.29 is 24.2 Å². The SMILES string of the molecule is C=CCc1cc(/C=N/NC(=O)c2ccc(-n3c(C)ccc3-c3ccccc3)cc2)cc(OC)c1OCC(=O)O. The van der Waals surface area contributed by atoms with Gasteiger partial charge in [0, 0.05) is 22.5 Å². The second-order valence-corrected chi connectivity index (χ2v) is 8.69. The van der Waals surface area contributed by atoms with Crippen LogP contribution in [0.4, 0.5) is 0 Å². The van der Waals surface area contributed by atoms with Gasteiger partial charge in [-0.05, 0) is 73.0 Å². The van der Waals surface area contributed by atoms with Crippen LogP contribution in [0.15, 0.2) is 96.6 Å². The number of nitrogens with zero attached hydrogens (tertiary/aromatic N) is 2. The van der Waals surface area contributed by atoms with Crippen LogP contribution in [-0.4, -0.2) is 41.5 Å². The highest BCUT2D eigenvalue weighted by Crippen LogP contribution is 2.33. The number of ether oxygens (including phenoxy) is 2. The lowest BCUT2D eigenvalue weighted by Crippen LogP contribution is -2.17. The largest absolute Gasteiger partial charge is 0.493 e. The average Bonchev–Trinajstić information content (AvgIpc) is 3.34. The van der Waals surface area contributed by atoms with Gasteiger partial charge in [0.25, 0.3) is 5.91 Å². The minimum Gasteiger partial charge on any atom is -0.493 e. The first-order chi connectivity index (χ1) is 18.9. The van der Waals surface area contributed by atoms with Gasteiger partial charge in [0.05, 0.1) is 19.0 Å². The van der Waals surface area contributed by atoms with Crippen molar-refractivity contribution in [3.05, 3.63) is 114 Å². The van der Waals surface area contributed by atoms with Crippen molar-refractivity contribution >= 4 is 18.1 Å². The molecule has 1 amide bonds. The normalized spacial score (nSPS) is 10.8. The van der Waals surface area contributed by atoms with Crippen LogP contribution in [0.25, 0.3) is 16.9 Å². The molecule has 0 radical (unpaired) electrons. The standard InChI is InChI=1S/C31H29N3O5/c1-4-8-25-17-22(18-28(38-3)30(25)39-20-29(35)36)19-32-33-31(37)24-12-14-26(15-13-24)34-21(2)11-16-27(34)23-9-6-5-7-10-23/h4-7,9-19H,1,8,20H2,2-3H3,(H,33,37)(H,35,36)/b32-19+. The van der Waals surface area contributed by atoms with Crippen LogP contribution in [0.2, 0.25) is 0 Å². The van der Waals surface area contributed by atoms with Crippen molar-refractivity contribution in [1.29, 1.82) is 0 Å². The highest BCUT2D eigenvalue weighted by atomic mass is 16.5. The van der Waals surface area contributed by atoms with Gasteiger partial charge in [0.2, 0.25) is 0 Å². The summed E-state index contributed by atoms with van der Waals surface area (Å²) in [6, 6.07) is 25.0. The molecule has 0 saturated heterocycles. The summed E-state index contributed by atoms with van der Waals surface area (Å²) < 4.78 is 12.9. The summed E-state index contributed by atoms with van der Waals surface area (Å²) in [5.74, 6) is -0.767. The molecule has 0 saturated carbocycles. The van der Waals surface area contributed by atoms with Crippen molar-refractivity contribution in [3.63, 3.8) is 0 Å². The van der Waals surface area contributed by atoms with Crippen molar-refractivity contribution in [2.24, 2.45) is 5.10 Å². The van der Waals surface area contributed by atoms with Gasteiger partial charge < -0.3 is 19.1 Å². The Morgan fingerprint density at radius 3 is 2.46 bits per heavy atom. The Balaban J connectivity index is 1.49. The first kappa shape index (κ1) is 26.9. The number of aromatic nitrogens is 1. The minimum atomic E-state index is -1.09. The van der Waals surface area contributed by atoms with Crippen LogP contribution in [0.3, 0.4) is 0 Å². The Labute approximate surface area is 226 Å². The average molecular weight is 524 g/mol. The fourth-order valence-corrected chi connectivity index (χ4v) is 4.22. The molecule has 0 atom stereocenters. The Kier molecular flexibility index (Phi) is 8.58. The Hall–Kier alpha value is -5.11. The van der Waals surface area contributed by atoms with Crippen molar-refractivity contribution in [2.75, 3.05) is 13.7 Å². The number of hydrazone groups is 1. The number of aryl methyl sites for hydroxylation is 1. The van der Waals surface area contributed by atoms with E-state index in [0.29, 0.717) is 34.6 Å². The first-order valence-electron chi connectivity index (χ1n) is 12.2. The van der Waals surface area contributed by atoms with Gasteiger partial charge in [-0.3, -0.25) is 4.79 Å². The third kappa shape index (κ3) is 6.42. The van der Waals surface area contributed by atoms with E-state index in [1.54, 1.807) is 30.3 Å². The molecule has 198 valence electrons. The van der Waals surface area contributed by atoms with E-state index in [1.165, 1.54) is 13.3 Å². The van der Waals surface area contributed by atoms with Gasteiger partial charge in [-0.1, -0.05) is 36.4 Å². The summed E-state index contributed by atoms with van der Waals surface area (Å²) in [5, 5.41) is 13.1. The van der Waals surface area contributed by atoms with E-state index in [1.807, 2.05) is 37.3 Å². The molecule has 0 aliphatic heterocycles. The number of carboxylic acids is 1. The molecule has 39 heavy (non-hydrogen) atoms. The molecule has 0 aliphatic carbocycles. The highest BCUT2D eigenvalue weighted by Gasteiger charge is 2.14. The fraction of sp³-hybridized carbons (Fsp3) is 0.129. The number of carbonyl (C=O) groups excluding carboxylic acids is 1. The molecule has 0 aliphatic rings. The molecular formula is C31H29N3O5. The number of aliphatic carboxylic acids is 1. The number of hydrogen-bond donors (Lipinski definition) is 2. The minimum absolute atomic E-state index is 0.328. The fourth-order valence-electron chi connectivity index (χ4n) is 4.22. The molecule has 1 heterocycles. The Morgan fingerprint density at radius 1 is 1.05 bits per heavy atom. The van der Waals surface area contributed by atoms with Gasteiger partial charge in [0.1, 0.15) is 0 Å². The van der Waals surface area contributed by atoms with Crippen molar-refractivity contribution in [2.45, 2.75) is 13.3 Å². The van der Waals surface area contributed by atoms with E-state index in [4.69, 9.17) is 14.6 Å². The number of allylic oxidation sites excluding steroid dienone is 1. The number of amides is 1. The van der Waals surface area contributed by atoms with Gasteiger partial charge in [-0.25, -0.2) is 10.2 Å². The summed E-state index contributed by atoms with van der Waals surface area (Å²) in [4.78, 5) is 23.7. The number of methoxy groups -OCH3 is 1. The maximum absolute atomic E-state index is 12.7. The second-order valence-electron chi connectivity index (χ2n) is 8.69. The van der Waals surface area contributed by atoms with Crippen LogP contribution >= 0.6 is 0 Å². The van der Waals surface area contributed by atoms with Crippen molar-refractivity contribution in [1.82, 2.24) is 9.99 Å². The van der Waals surface area contributed by atoms with Gasteiger partial charge >= 0.3 is 5.97 Å². The molecular weight excluding hydrogens is 494 g/mol. The molecule has 1 aromatic heterocycles. The predicted molar refractivity (Wildman–Crippen MR) is 151 cm³/mol. The van der Waals surface area contributed by atoms with Gasteiger partial charge in [0.15, 0.2) is 18.1 Å². The lowest BCUT2D eigenvalue weighted by atomic mass is 10.1. The molecule has 3 aromatic carbocycles. The summed E-state index contributed by atoms with van der Waals surface area (Å²) in [5.41, 5.74) is 8.54. The third-order valence-electron chi connectivity index (χ3n) is 5.99. The molecule has 0 fully saturated rings. The number of nitrogens with one attached hydrogen (secondary N) is 1. The summed E-state index contributed by atoms with van der Waals surface area (Å²) in [7, 11) is 1.46. The number of carboxylic acid groups (broad SMARTS) is 1. The summed E-state index contributed by atoms with van der Waals surface area (Å²) in [6.45, 7) is 5.28. The zero-order chi connectivity index (χ0) is 27.8. The van der Waals surface area contributed by atoms with E-state index in [9.17, 15) is 9.59 Å². The van der Waals surface area contributed by atoms with Crippen LogP contribution < -0.4 is 14.9 Å². The molecule has 0 unspecified atom stereocenters. The quantitative estimate of drug-likeness (QED) is 0.155. The monoisotopic (exact) mass is 523 g/mol. The first-order valence-corrected chi connectivity index (χ1v) is 12.2. The van der Waals surface area contributed by atoms with Gasteiger partial charge in [-0.15, -0.1) is 6.58 Å². The maximum atomic E-state index is 12.7. The van der Waals surface area contributed by atoms with E-state index >= 15 is 0 Å². The molecule has 4 aromatic rings. The predicted octanol–water partition coefficient (Wildman–Crippen LogP) is 5.42. The van der Waals surface area contributed by atoms with Gasteiger partial charge in [-0.2, -0.15) is 5.10 Å². The number of hydrogen-bond acceptors (Lipinski definition) is 5. The van der Waals surface area contributed by atoms with E-state index in [-0.39, 0.29) is 5.91 Å². The summed E-state index contributed by atoms with van der Waals surface area (Å²) >= 11 is 0. The molecule has 4 rings (SSSR count). The number of rotatable bonds is 11. The Morgan fingerprint density at radius 2 is 1.79 bits per heavy atom. The smallest absolute Gasteiger partial charge is 0.341 e. The van der Waals surface area contributed by atoms with E-state index < -0.39 is 12.6 Å². The third-order valence-corrected chi connectivity index (χ3v) is 5.99. The zero-order valence-electron chi connectivity index (χ0n) is 21.8. The molecule has 8 heteroatoms. The zero-order valence-corrected chi connectivity index (χ0v) is 21.8. The van der Waals surface area contributed by atoms with Crippen molar-refractivity contribution in [3.8, 4) is 28.4 Å². The van der Waals surface area contributed by atoms with E-state index in [0.717, 1.165) is 22.6 Å². The highest BCUT2D eigenvalue weighted by molar-refractivity contribution is 5.95. The lowest BCUT2D eigenvalue weighted by Gasteiger charge is -2.14. The molecule has 0 bridgehead atoms. The molecule has 8 nitrogen and oxygen atoms in total. The topological polar surface area (TPSA) is 102 Å². The second kappa shape index (κ2) is 12.4. The Bertz CT molecular complexity index is 1510. The van der Waals surface area contributed by atoms with Crippen LogP contribution in [-0.2, 0) is 11.2 Å². The molecule has 0 spiro atoms. The molecule has 2 N–H and O–H groups in total. The maximum Gasteiger partial charge on any atom is 0.341 e. The lowest BCUT2D eigenvalue weighted by molar-refractivity contribution is -0.139. The number of benzene rings is 3. The van der Waals surface area contributed by atoms with E-state index in [2.05, 4.69) is 45.9 Å². The van der Waals surface area contributed by atoms with Crippen LogP contribution in [0, 0.1) is 6.92 Å². The van der Waals surface area contributed by atoms with Crippen LogP contribution in [0.5, 0.6) is 11.5 Å². The summed E-state index contributed by atoms with van der Waals surface area (Å²) in [6.07, 6.45) is 3.59. The number of carbonyl (C=O) groups is 2. The van der Waals surface area contributed by atoms with Crippen LogP contribution in [0.1, 0.15) is 27.2 Å².